The van der Waals surface area contributed by atoms with Gasteiger partial charge in [0.05, 0.1) is 31.5 Å². The maximum Gasteiger partial charge on any atom is 0.271 e. The Kier molecular flexibility index (Phi) is 5.13. The number of benzene rings is 2. The van der Waals surface area contributed by atoms with E-state index < -0.39 is 0 Å². The summed E-state index contributed by atoms with van der Waals surface area (Å²) in [6.07, 6.45) is 0. The number of carbonyl (C=O) groups is 1. The number of hydrogen-bond donors (Lipinski definition) is 1. The van der Waals surface area contributed by atoms with Gasteiger partial charge in [-0.25, -0.2) is 5.43 Å². The Balaban J connectivity index is 1.93. The van der Waals surface area contributed by atoms with Crippen molar-refractivity contribution < 1.29 is 19.0 Å². The van der Waals surface area contributed by atoms with Crippen LogP contribution in [-0.4, -0.2) is 31.8 Å². The second-order valence-corrected chi connectivity index (χ2v) is 6.39. The Labute approximate surface area is 154 Å². The number of rotatable bonds is 5. The van der Waals surface area contributed by atoms with Crippen molar-refractivity contribution in [2.45, 2.75) is 0 Å². The van der Waals surface area contributed by atoms with Crippen LogP contribution in [0.4, 0.5) is 0 Å². The highest BCUT2D eigenvalue weighted by atomic mass is 32.1. The van der Waals surface area contributed by atoms with Crippen LogP contribution < -0.4 is 24.4 Å². The number of aryl methyl sites for hydroxylation is 1. The van der Waals surface area contributed by atoms with Crippen LogP contribution in [0.1, 0.15) is 10.4 Å². The smallest absolute Gasteiger partial charge is 0.271 e. The van der Waals surface area contributed by atoms with Gasteiger partial charge in [-0.2, -0.15) is 0 Å². The van der Waals surface area contributed by atoms with Gasteiger partial charge in [0.2, 0.25) is 10.6 Å². The monoisotopic (exact) mass is 373 g/mol. The lowest BCUT2D eigenvalue weighted by molar-refractivity contribution is 0.0952. The number of carbonyl (C=O) groups excluding carboxylic acids is 1. The molecule has 0 aliphatic rings. The van der Waals surface area contributed by atoms with E-state index in [0.29, 0.717) is 27.6 Å². The van der Waals surface area contributed by atoms with Crippen molar-refractivity contribution in [3.8, 4) is 17.2 Å². The highest BCUT2D eigenvalue weighted by Gasteiger charge is 2.16. The predicted molar refractivity (Wildman–Crippen MR) is 99.9 cm³/mol. The number of fused-ring (bicyclic) bond motifs is 1. The van der Waals surface area contributed by atoms with Crippen LogP contribution in [0.15, 0.2) is 41.5 Å². The van der Waals surface area contributed by atoms with Gasteiger partial charge in [-0.15, -0.1) is 5.10 Å². The van der Waals surface area contributed by atoms with Crippen molar-refractivity contribution in [1.82, 2.24) is 9.99 Å². The molecule has 0 saturated heterocycles. The summed E-state index contributed by atoms with van der Waals surface area (Å²) in [5.41, 5.74) is 3.99. The number of amides is 1. The Bertz CT molecular complexity index is 998. The van der Waals surface area contributed by atoms with Crippen LogP contribution in [0.3, 0.4) is 0 Å². The van der Waals surface area contributed by atoms with Gasteiger partial charge in [0.1, 0.15) is 0 Å². The lowest BCUT2D eigenvalue weighted by Crippen LogP contribution is -2.23. The van der Waals surface area contributed by atoms with Crippen molar-refractivity contribution in [1.29, 1.82) is 0 Å². The zero-order chi connectivity index (χ0) is 18.7. The van der Waals surface area contributed by atoms with Crippen LogP contribution in [0.25, 0.3) is 10.2 Å². The third kappa shape index (κ3) is 3.23. The van der Waals surface area contributed by atoms with Gasteiger partial charge in [0, 0.05) is 12.6 Å². The number of para-hydroxylation sites is 1. The molecule has 1 amide bonds. The summed E-state index contributed by atoms with van der Waals surface area (Å²) in [6, 6.07) is 11.1. The van der Waals surface area contributed by atoms with E-state index in [9.17, 15) is 4.79 Å². The molecule has 136 valence electrons. The summed E-state index contributed by atoms with van der Waals surface area (Å²) < 4.78 is 18.8. The summed E-state index contributed by atoms with van der Waals surface area (Å²) in [4.78, 5) is 13.2. The molecule has 8 heteroatoms. The molecular weight excluding hydrogens is 354 g/mol. The molecule has 0 aliphatic heterocycles. The fourth-order valence-corrected chi connectivity index (χ4v) is 3.54. The number of ether oxygens (including phenoxy) is 3. The summed E-state index contributed by atoms with van der Waals surface area (Å²) >= 11 is 1.49. The normalized spacial score (nSPS) is 11.5. The van der Waals surface area contributed by atoms with E-state index in [1.807, 2.05) is 35.9 Å². The summed E-state index contributed by atoms with van der Waals surface area (Å²) in [5.74, 6) is 0.870. The highest BCUT2D eigenvalue weighted by Crippen LogP contribution is 2.38. The predicted octanol–water partition coefficient (Wildman–Crippen LogP) is 2.51. The van der Waals surface area contributed by atoms with Crippen LogP contribution in [0.2, 0.25) is 0 Å². The molecule has 0 aliphatic carbocycles. The van der Waals surface area contributed by atoms with E-state index in [2.05, 4.69) is 10.5 Å². The van der Waals surface area contributed by atoms with E-state index in [1.165, 1.54) is 32.7 Å². The molecule has 0 saturated carbocycles. The summed E-state index contributed by atoms with van der Waals surface area (Å²) in [6.45, 7) is 0. The third-order valence-electron chi connectivity index (χ3n) is 3.89. The van der Waals surface area contributed by atoms with Crippen LogP contribution in [0.5, 0.6) is 17.2 Å². The molecule has 0 radical (unpaired) electrons. The molecule has 0 unspecified atom stereocenters. The van der Waals surface area contributed by atoms with Crippen molar-refractivity contribution in [2.75, 3.05) is 21.3 Å². The number of methoxy groups -OCH3 is 3. The first-order valence-corrected chi connectivity index (χ1v) is 8.59. The maximum absolute atomic E-state index is 12.5. The zero-order valence-corrected chi connectivity index (χ0v) is 15.7. The van der Waals surface area contributed by atoms with Gasteiger partial charge >= 0.3 is 0 Å². The molecule has 7 nitrogen and oxygen atoms in total. The first-order valence-electron chi connectivity index (χ1n) is 7.77. The lowest BCUT2D eigenvalue weighted by Gasteiger charge is -2.13. The molecule has 1 aromatic heterocycles. The van der Waals surface area contributed by atoms with Gasteiger partial charge in [0.25, 0.3) is 5.91 Å². The van der Waals surface area contributed by atoms with Gasteiger partial charge in [-0.3, -0.25) is 4.79 Å². The van der Waals surface area contributed by atoms with Crippen LogP contribution in [-0.2, 0) is 7.05 Å². The molecule has 0 fully saturated rings. The van der Waals surface area contributed by atoms with Crippen molar-refractivity contribution >= 4 is 27.5 Å². The number of hydrogen-bond acceptors (Lipinski definition) is 6. The third-order valence-corrected chi connectivity index (χ3v) is 5.01. The molecule has 3 rings (SSSR count). The molecule has 1 N–H and O–H groups in total. The number of thiazole rings is 1. The number of nitrogens with one attached hydrogen (secondary N) is 1. The first-order chi connectivity index (χ1) is 12.6. The highest BCUT2D eigenvalue weighted by molar-refractivity contribution is 7.16. The summed E-state index contributed by atoms with van der Waals surface area (Å²) in [5, 5.41) is 4.24. The number of nitrogens with zero attached hydrogens (tertiary/aromatic N) is 2. The van der Waals surface area contributed by atoms with Crippen molar-refractivity contribution in [3.05, 3.63) is 46.8 Å². The Morgan fingerprint density at radius 3 is 2.31 bits per heavy atom. The second-order valence-electron chi connectivity index (χ2n) is 5.38. The molecule has 0 bridgehead atoms. The molecule has 0 spiro atoms. The van der Waals surface area contributed by atoms with E-state index in [-0.39, 0.29) is 5.91 Å². The standard InChI is InChI=1S/C18H19N3O4S/c1-21-12-7-5-6-8-15(12)26-18(21)20-19-17(22)11-9-13(23-2)16(25-4)14(10-11)24-3/h5-10H,1-4H3,(H,19,22)/b20-18-. The minimum Gasteiger partial charge on any atom is -0.493 e. The number of aromatic nitrogens is 1. The molecular formula is C18H19N3O4S. The minimum absolute atomic E-state index is 0.354. The zero-order valence-electron chi connectivity index (χ0n) is 14.9. The second kappa shape index (κ2) is 7.49. The van der Waals surface area contributed by atoms with Crippen LogP contribution in [0, 0.1) is 0 Å². The Hall–Kier alpha value is -3.00. The Morgan fingerprint density at radius 2 is 1.73 bits per heavy atom. The molecule has 26 heavy (non-hydrogen) atoms. The largest absolute Gasteiger partial charge is 0.493 e. The van der Waals surface area contributed by atoms with Gasteiger partial charge < -0.3 is 18.8 Å². The lowest BCUT2D eigenvalue weighted by atomic mass is 10.1. The molecule has 2 aromatic carbocycles. The van der Waals surface area contributed by atoms with E-state index in [1.54, 1.807) is 12.1 Å². The van der Waals surface area contributed by atoms with Gasteiger partial charge in [-0.05, 0) is 24.3 Å². The quantitative estimate of drug-likeness (QED) is 0.698. The topological polar surface area (TPSA) is 74.1 Å². The first kappa shape index (κ1) is 17.8. The van der Waals surface area contributed by atoms with Gasteiger partial charge in [-0.1, -0.05) is 23.5 Å². The van der Waals surface area contributed by atoms with Gasteiger partial charge in [0.15, 0.2) is 11.5 Å². The summed E-state index contributed by atoms with van der Waals surface area (Å²) in [7, 11) is 6.42. The Morgan fingerprint density at radius 1 is 1.08 bits per heavy atom. The average Bonchev–Trinajstić information content (AvgIpc) is 3.00. The fraction of sp³-hybridized carbons (Fsp3) is 0.222. The van der Waals surface area contributed by atoms with E-state index >= 15 is 0 Å². The van der Waals surface area contributed by atoms with E-state index in [4.69, 9.17) is 14.2 Å². The maximum atomic E-state index is 12.5. The van der Waals surface area contributed by atoms with Crippen LogP contribution >= 0.6 is 11.3 Å². The molecule has 3 aromatic rings. The van der Waals surface area contributed by atoms with Crippen molar-refractivity contribution in [2.24, 2.45) is 12.1 Å². The van der Waals surface area contributed by atoms with E-state index in [0.717, 1.165) is 10.2 Å². The SMILES string of the molecule is COc1cc(C(=O)N/N=c2\sc3ccccc3n2C)cc(OC)c1OC. The molecule has 1 heterocycles. The molecule has 0 atom stereocenters. The minimum atomic E-state index is -0.373. The fourth-order valence-electron chi connectivity index (χ4n) is 2.56. The van der Waals surface area contributed by atoms with Crippen molar-refractivity contribution in [3.63, 3.8) is 0 Å². The average molecular weight is 373 g/mol.